The summed E-state index contributed by atoms with van der Waals surface area (Å²) in [6.45, 7) is 10.6. The van der Waals surface area contributed by atoms with Gasteiger partial charge in [-0.1, -0.05) is 120 Å². The second kappa shape index (κ2) is 35.9. The molecule has 25 heteroatoms. The van der Waals surface area contributed by atoms with Crippen LogP contribution < -0.4 is 26.6 Å². The highest BCUT2D eigenvalue weighted by Gasteiger charge is 2.47. The number of carbonyl (C=O) groups excluding carboxylic acids is 11. The molecule has 9 atom stereocenters. The molecule has 8 amide bonds. The van der Waals surface area contributed by atoms with Crippen molar-refractivity contribution in [1.29, 1.82) is 0 Å². The van der Waals surface area contributed by atoms with Crippen LogP contribution in [0.25, 0.3) is 0 Å². The van der Waals surface area contributed by atoms with Gasteiger partial charge in [-0.2, -0.15) is 0 Å². The number of aryl methyl sites for hydroxylation is 1. The van der Waals surface area contributed by atoms with E-state index in [-0.39, 0.29) is 81.2 Å². The number of aliphatic carboxylic acids is 1. The number of benzene rings is 2. The van der Waals surface area contributed by atoms with Crippen molar-refractivity contribution < 1.29 is 67.4 Å². The molecule has 0 bridgehead atoms. The molecule has 0 radical (unpaired) electrons. The van der Waals surface area contributed by atoms with Crippen LogP contribution >= 0.6 is 0 Å². The third kappa shape index (κ3) is 20.9. The largest absolute Gasteiger partial charge is 0.480 e. The Morgan fingerprint density at radius 2 is 1.36 bits per heavy atom. The van der Waals surface area contributed by atoms with Crippen LogP contribution in [0.1, 0.15) is 148 Å². The molecule has 4 aliphatic rings. The summed E-state index contributed by atoms with van der Waals surface area (Å²) in [5.74, 6) is -6.33. The van der Waals surface area contributed by atoms with Crippen LogP contribution in [0.4, 0.5) is 4.79 Å². The van der Waals surface area contributed by atoms with E-state index in [0.717, 1.165) is 47.3 Å². The minimum Gasteiger partial charge on any atom is -0.480 e. The zero-order valence-corrected chi connectivity index (χ0v) is 57.7. The number of nitrogens with zero attached hydrogens (tertiary/aromatic N) is 6. The molecular weight excluding hydrogens is 1220 g/mol. The number of carbonyl (C=O) groups is 12. The van der Waals surface area contributed by atoms with Gasteiger partial charge in [-0.15, -0.1) is 0 Å². The van der Waals surface area contributed by atoms with Gasteiger partial charge in [0.1, 0.15) is 37.3 Å². The molecule has 6 N–H and O–H groups in total. The van der Waals surface area contributed by atoms with Crippen LogP contribution in [-0.4, -0.2) is 234 Å². The number of likely N-dealkylation sites (N-methyl/N-ethyl adjacent to an activating group) is 4. The lowest BCUT2D eigenvalue weighted by Crippen LogP contribution is -2.62. The third-order valence-corrected chi connectivity index (χ3v) is 19.7. The number of likely N-dealkylation sites (tertiary alicyclic amines) is 2. The predicted octanol–water partition coefficient (Wildman–Crippen LogP) is 3.80. The highest BCUT2D eigenvalue weighted by atomic mass is 16.6. The lowest BCUT2D eigenvalue weighted by Gasteiger charge is -2.43. The van der Waals surface area contributed by atoms with Gasteiger partial charge in [0, 0.05) is 61.3 Å². The molecule has 0 spiro atoms. The number of rotatable bonds is 36. The normalized spacial score (nSPS) is 19.0. The number of Topliss-reactive ketones (excluding diaryl/α,β-unsaturated/α-hetero) is 3. The van der Waals surface area contributed by atoms with Gasteiger partial charge in [-0.05, 0) is 101 Å². The summed E-state index contributed by atoms with van der Waals surface area (Å²) < 4.78 is 5.58. The first kappa shape index (κ1) is 76.4. The average molecular weight is 1320 g/mol. The summed E-state index contributed by atoms with van der Waals surface area (Å²) >= 11 is 0. The Bertz CT molecular complexity index is 3010. The Kier molecular flexibility index (Phi) is 28.9. The summed E-state index contributed by atoms with van der Waals surface area (Å²) in [6.07, 6.45) is 6.59. The SMILES string of the molecule is CC[C@H](C)[C@H](NC(=O)[C@H](CC(C)C)N(C)C(=O)C[C@H](NCC(=O)[C@@H](NCC(=O)C1(NC(=O)[C@@H]2CCCN2C(=O)OCc2ccccc2)CCCC1)C1CCCC1)C(=O)N(C)C)C(=O)N(C)[C@@H](C)C(=O)N1CC[C@H]1C(=O)CCN[C@@H](Cc1ccc(C)cc1)C(=O)N(C)CC(=O)O. The van der Waals surface area contributed by atoms with Crippen LogP contribution in [0.2, 0.25) is 0 Å². The fourth-order valence-electron chi connectivity index (χ4n) is 13.3. The number of hydrogen-bond acceptors (Lipinski definition) is 16. The molecular formula is C70H105N11O14. The van der Waals surface area contributed by atoms with Crippen molar-refractivity contribution in [1.82, 2.24) is 56.0 Å². The first-order chi connectivity index (χ1) is 45.1. The molecule has 2 aromatic carbocycles. The molecule has 2 saturated carbocycles. The van der Waals surface area contributed by atoms with Gasteiger partial charge in [0.15, 0.2) is 17.3 Å². The first-order valence-corrected chi connectivity index (χ1v) is 34.0. The lowest BCUT2D eigenvalue weighted by atomic mass is 9.89. The average Bonchev–Trinajstić information content (AvgIpc) is 1.75. The molecule has 2 aliphatic heterocycles. The molecule has 4 fully saturated rings. The quantitative estimate of drug-likeness (QED) is 0.0565. The van der Waals surface area contributed by atoms with E-state index in [2.05, 4.69) is 26.6 Å². The van der Waals surface area contributed by atoms with Crippen LogP contribution in [0.15, 0.2) is 54.6 Å². The smallest absolute Gasteiger partial charge is 0.410 e. The summed E-state index contributed by atoms with van der Waals surface area (Å²) in [5, 5.41) is 24.8. The minimum atomic E-state index is -1.21. The van der Waals surface area contributed by atoms with E-state index >= 15 is 0 Å². The van der Waals surface area contributed by atoms with Crippen LogP contribution in [0.3, 0.4) is 0 Å². The summed E-state index contributed by atoms with van der Waals surface area (Å²) in [6, 6.07) is 9.08. The van der Waals surface area contributed by atoms with Crippen molar-refractivity contribution in [3.8, 4) is 0 Å². The van der Waals surface area contributed by atoms with Crippen LogP contribution in [0, 0.1) is 24.7 Å². The maximum absolute atomic E-state index is 14.6. The highest BCUT2D eigenvalue weighted by Crippen LogP contribution is 2.33. The zero-order valence-electron chi connectivity index (χ0n) is 57.7. The zero-order chi connectivity index (χ0) is 69.8. The summed E-state index contributed by atoms with van der Waals surface area (Å²) in [5.41, 5.74) is 1.48. The number of carboxylic acids is 1. The Hall–Kier alpha value is -7.64. The van der Waals surface area contributed by atoms with Gasteiger partial charge < -0.3 is 55.6 Å². The molecule has 95 heavy (non-hydrogen) atoms. The number of ether oxygens (including phenoxy) is 1. The fourth-order valence-corrected chi connectivity index (χ4v) is 13.3. The van der Waals surface area contributed by atoms with Crippen LogP contribution in [-0.2, 0) is 70.5 Å². The van der Waals surface area contributed by atoms with Crippen molar-refractivity contribution in [2.75, 3.05) is 74.5 Å². The Morgan fingerprint density at radius 1 is 0.695 bits per heavy atom. The molecule has 524 valence electrons. The highest BCUT2D eigenvalue weighted by molar-refractivity contribution is 5.99. The summed E-state index contributed by atoms with van der Waals surface area (Å²) in [7, 11) is 7.37. The van der Waals surface area contributed by atoms with Crippen molar-refractivity contribution >= 4 is 70.8 Å². The van der Waals surface area contributed by atoms with Gasteiger partial charge >= 0.3 is 12.1 Å². The summed E-state index contributed by atoms with van der Waals surface area (Å²) in [4.78, 5) is 174. The van der Waals surface area contributed by atoms with E-state index in [4.69, 9.17) is 4.74 Å². The van der Waals surface area contributed by atoms with E-state index in [1.54, 1.807) is 13.8 Å². The van der Waals surface area contributed by atoms with Crippen molar-refractivity contribution in [3.63, 3.8) is 0 Å². The number of ketones is 3. The molecule has 0 aromatic heterocycles. The van der Waals surface area contributed by atoms with E-state index in [0.29, 0.717) is 57.9 Å². The Morgan fingerprint density at radius 3 is 1.96 bits per heavy atom. The van der Waals surface area contributed by atoms with E-state index in [9.17, 15) is 62.6 Å². The molecule has 2 saturated heterocycles. The van der Waals surface area contributed by atoms with Gasteiger partial charge in [-0.3, -0.25) is 63.0 Å². The van der Waals surface area contributed by atoms with Crippen molar-refractivity contribution in [3.05, 3.63) is 71.3 Å². The second-order valence-corrected chi connectivity index (χ2v) is 27.3. The molecule has 2 heterocycles. The van der Waals surface area contributed by atoms with E-state index in [1.165, 1.54) is 59.7 Å². The van der Waals surface area contributed by atoms with E-state index in [1.807, 2.05) is 82.3 Å². The number of nitrogens with one attached hydrogen (secondary N) is 5. The number of carboxylic acid groups (broad SMARTS) is 1. The molecule has 2 aliphatic carbocycles. The Balaban J connectivity index is 1.06. The topological polar surface area (TPSA) is 314 Å². The van der Waals surface area contributed by atoms with Crippen molar-refractivity contribution in [2.24, 2.45) is 17.8 Å². The van der Waals surface area contributed by atoms with Crippen LogP contribution in [0.5, 0.6) is 0 Å². The standard InChI is InChI=1S/C70H105N11O14/c1-12-46(5)61(68(93)78(10)47(6)65(90)80-36-31-53(80)56(82)30-34-71-51(67(92)77(9)42-60(86)87)38-48-28-26-45(4)27-29-48)74-63(88)55(37-44(2)3)79(11)59(85)39-52(66(91)76(7)8)72-40-57(83)62(50-23-16-17-24-50)73-41-58(84)70(32-18-19-33-70)75-64(89)54-25-20-35-81(54)69(94)95-43-49-21-14-13-15-22-49/h13-15,21-22,26-29,44,46-47,50-55,61-62,71-73H,12,16-20,23-25,30-43H2,1-11H3,(H,74,88)(H,75,89)(H,86,87)/t46-,47-,51-,52-,53-,54-,55-,61-,62-/m0/s1. The third-order valence-electron chi connectivity index (χ3n) is 19.7. The molecule has 0 unspecified atom stereocenters. The Labute approximate surface area is 560 Å². The first-order valence-electron chi connectivity index (χ1n) is 34.0. The minimum absolute atomic E-state index is 0.0342. The maximum Gasteiger partial charge on any atom is 0.410 e. The molecule has 2 aromatic rings. The van der Waals surface area contributed by atoms with Gasteiger partial charge in [-0.25, -0.2) is 4.79 Å². The fraction of sp³-hybridized carbons (Fsp3) is 0.657. The lowest BCUT2D eigenvalue weighted by molar-refractivity contribution is -0.154. The van der Waals surface area contributed by atoms with Crippen molar-refractivity contribution in [2.45, 2.75) is 205 Å². The molecule has 6 rings (SSSR count). The monoisotopic (exact) mass is 1320 g/mol. The number of hydrogen-bond donors (Lipinski definition) is 6. The van der Waals surface area contributed by atoms with Gasteiger partial charge in [0.2, 0.25) is 41.4 Å². The second-order valence-electron chi connectivity index (χ2n) is 27.3. The molecule has 25 nitrogen and oxygen atoms in total. The van der Waals surface area contributed by atoms with E-state index < -0.39 is 126 Å². The predicted molar refractivity (Wildman–Crippen MR) is 356 cm³/mol. The maximum atomic E-state index is 14.6. The van der Waals surface area contributed by atoms with Gasteiger partial charge in [0.05, 0.1) is 49.2 Å². The number of amides is 8. The van der Waals surface area contributed by atoms with Gasteiger partial charge in [0.25, 0.3) is 0 Å².